The molecule has 0 unspecified atom stereocenters. The van der Waals surface area contributed by atoms with Crippen LogP contribution in [0.15, 0.2) is 54.7 Å². The molecule has 1 heterocycles. The summed E-state index contributed by atoms with van der Waals surface area (Å²) < 4.78 is 12.9. The number of carbonyl (C=O) groups excluding carboxylic acids is 1. The molecular weight excluding hydrogens is 354 g/mol. The largest absolute Gasteiger partial charge is 0.490 e. The average molecular weight is 381 g/mol. The summed E-state index contributed by atoms with van der Waals surface area (Å²) in [5, 5.41) is 4.07. The zero-order valence-electron chi connectivity index (χ0n) is 16.6. The van der Waals surface area contributed by atoms with E-state index in [1.165, 1.54) is 0 Å². The van der Waals surface area contributed by atoms with Crippen LogP contribution in [0.5, 0.6) is 5.75 Å². The Labute approximate surface area is 165 Å². The van der Waals surface area contributed by atoms with Gasteiger partial charge in [-0.3, -0.25) is 4.79 Å². The summed E-state index contributed by atoms with van der Waals surface area (Å²) in [5.41, 5.74) is 2.42. The molecule has 6 nitrogen and oxygen atoms in total. The molecule has 0 saturated carbocycles. The van der Waals surface area contributed by atoms with Crippen LogP contribution in [-0.2, 0) is 11.3 Å². The molecule has 0 fully saturated rings. The molecule has 1 amide bonds. The Bertz CT molecular complexity index is 934. The van der Waals surface area contributed by atoms with E-state index >= 15 is 0 Å². The Kier molecular flexibility index (Phi) is 6.68. The highest BCUT2D eigenvalue weighted by Crippen LogP contribution is 2.23. The van der Waals surface area contributed by atoms with Crippen molar-refractivity contribution in [3.05, 3.63) is 60.3 Å². The van der Waals surface area contributed by atoms with Gasteiger partial charge in [0.2, 0.25) is 0 Å². The number of likely N-dealkylation sites (N-methyl/N-ethyl adjacent to an activating group) is 1. The minimum absolute atomic E-state index is 0.195. The molecule has 0 radical (unpaired) electrons. The number of para-hydroxylation sites is 1. The molecule has 0 bridgehead atoms. The molecule has 0 spiro atoms. The van der Waals surface area contributed by atoms with Crippen LogP contribution in [0.2, 0.25) is 0 Å². The van der Waals surface area contributed by atoms with E-state index in [2.05, 4.69) is 41.1 Å². The molecule has 6 heteroatoms. The molecule has 28 heavy (non-hydrogen) atoms. The van der Waals surface area contributed by atoms with Gasteiger partial charge in [0, 0.05) is 43.0 Å². The maximum atomic E-state index is 12.8. The number of amides is 1. The van der Waals surface area contributed by atoms with Crippen molar-refractivity contribution in [3.63, 3.8) is 0 Å². The lowest BCUT2D eigenvalue weighted by atomic mass is 10.1. The Morgan fingerprint density at radius 3 is 2.71 bits per heavy atom. The standard InChI is InChI=1S/C22H27N3O3/c1-24(2)12-13-25-11-10-17-16-18(8-9-20(17)25)23-22(26)19-6-4-5-7-21(19)28-15-14-27-3/h4-11,16H,12-15H2,1-3H3,(H,23,26). The number of benzene rings is 2. The number of anilines is 1. The van der Waals surface area contributed by atoms with Gasteiger partial charge in [0.25, 0.3) is 5.91 Å². The maximum Gasteiger partial charge on any atom is 0.259 e. The normalized spacial score (nSPS) is 11.1. The number of ether oxygens (including phenoxy) is 2. The van der Waals surface area contributed by atoms with E-state index in [0.717, 1.165) is 29.7 Å². The Hall–Kier alpha value is -2.83. The van der Waals surface area contributed by atoms with Crippen LogP contribution in [0.25, 0.3) is 10.9 Å². The van der Waals surface area contributed by atoms with Crippen molar-refractivity contribution in [1.82, 2.24) is 9.47 Å². The molecule has 0 atom stereocenters. The first kappa shape index (κ1) is 19.9. The Morgan fingerprint density at radius 1 is 1.11 bits per heavy atom. The second-order valence-corrected chi connectivity index (χ2v) is 6.88. The first-order valence-electron chi connectivity index (χ1n) is 9.34. The summed E-state index contributed by atoms with van der Waals surface area (Å²) in [6.45, 7) is 2.77. The summed E-state index contributed by atoms with van der Waals surface area (Å²) in [5.74, 6) is 0.354. The molecule has 3 rings (SSSR count). The topological polar surface area (TPSA) is 55.7 Å². The molecule has 0 aliphatic heterocycles. The monoisotopic (exact) mass is 381 g/mol. The van der Waals surface area contributed by atoms with E-state index in [1.54, 1.807) is 19.2 Å². The Morgan fingerprint density at radius 2 is 1.93 bits per heavy atom. The van der Waals surface area contributed by atoms with Crippen molar-refractivity contribution in [2.24, 2.45) is 0 Å². The molecular formula is C22H27N3O3. The fraction of sp³-hybridized carbons (Fsp3) is 0.318. The van der Waals surface area contributed by atoms with Crippen molar-refractivity contribution in [2.45, 2.75) is 6.54 Å². The number of carbonyl (C=O) groups is 1. The lowest BCUT2D eigenvalue weighted by Gasteiger charge is -2.12. The lowest BCUT2D eigenvalue weighted by Crippen LogP contribution is -2.17. The molecule has 2 aromatic carbocycles. The minimum atomic E-state index is -0.195. The van der Waals surface area contributed by atoms with Crippen molar-refractivity contribution < 1.29 is 14.3 Å². The van der Waals surface area contributed by atoms with Gasteiger partial charge in [0.1, 0.15) is 12.4 Å². The van der Waals surface area contributed by atoms with Gasteiger partial charge in [-0.1, -0.05) is 12.1 Å². The van der Waals surface area contributed by atoms with Crippen molar-refractivity contribution in [3.8, 4) is 5.75 Å². The van der Waals surface area contributed by atoms with Crippen LogP contribution in [0, 0.1) is 0 Å². The van der Waals surface area contributed by atoms with Crippen molar-refractivity contribution >= 4 is 22.5 Å². The first-order valence-corrected chi connectivity index (χ1v) is 9.34. The summed E-state index contributed by atoms with van der Waals surface area (Å²) in [7, 11) is 5.75. The smallest absolute Gasteiger partial charge is 0.259 e. The summed E-state index contributed by atoms with van der Waals surface area (Å²) in [4.78, 5) is 14.9. The van der Waals surface area contributed by atoms with Gasteiger partial charge in [0.05, 0.1) is 12.2 Å². The molecule has 148 valence electrons. The quantitative estimate of drug-likeness (QED) is 0.577. The third kappa shape index (κ3) is 4.91. The summed E-state index contributed by atoms with van der Waals surface area (Å²) in [6, 6.07) is 15.3. The Balaban J connectivity index is 1.73. The van der Waals surface area contributed by atoms with Gasteiger partial charge in [-0.15, -0.1) is 0 Å². The van der Waals surface area contributed by atoms with E-state index in [-0.39, 0.29) is 5.91 Å². The van der Waals surface area contributed by atoms with Crippen LogP contribution < -0.4 is 10.1 Å². The van der Waals surface area contributed by atoms with Crippen LogP contribution in [0.4, 0.5) is 5.69 Å². The van der Waals surface area contributed by atoms with Gasteiger partial charge in [-0.25, -0.2) is 0 Å². The highest BCUT2D eigenvalue weighted by Gasteiger charge is 2.13. The van der Waals surface area contributed by atoms with Crippen molar-refractivity contribution in [2.75, 3.05) is 46.3 Å². The zero-order valence-corrected chi connectivity index (χ0v) is 16.6. The molecule has 0 saturated heterocycles. The number of aromatic nitrogens is 1. The van der Waals surface area contributed by atoms with Gasteiger partial charge >= 0.3 is 0 Å². The fourth-order valence-electron chi connectivity index (χ4n) is 2.99. The van der Waals surface area contributed by atoms with E-state index < -0.39 is 0 Å². The van der Waals surface area contributed by atoms with E-state index in [1.807, 2.05) is 30.3 Å². The number of fused-ring (bicyclic) bond motifs is 1. The van der Waals surface area contributed by atoms with Gasteiger partial charge in [0.15, 0.2) is 0 Å². The molecule has 0 aliphatic carbocycles. The second-order valence-electron chi connectivity index (χ2n) is 6.88. The van der Waals surface area contributed by atoms with Gasteiger partial charge < -0.3 is 24.3 Å². The van der Waals surface area contributed by atoms with Crippen LogP contribution in [0.3, 0.4) is 0 Å². The summed E-state index contributed by atoms with van der Waals surface area (Å²) in [6.07, 6.45) is 2.08. The predicted octanol–water partition coefficient (Wildman–Crippen LogP) is 3.48. The number of nitrogens with one attached hydrogen (secondary N) is 1. The SMILES string of the molecule is COCCOc1ccccc1C(=O)Nc1ccc2c(ccn2CCN(C)C)c1. The maximum absolute atomic E-state index is 12.8. The van der Waals surface area contributed by atoms with Gasteiger partial charge in [-0.2, -0.15) is 0 Å². The van der Waals surface area contributed by atoms with E-state index in [9.17, 15) is 4.79 Å². The number of methoxy groups -OCH3 is 1. The summed E-state index contributed by atoms with van der Waals surface area (Å²) >= 11 is 0. The average Bonchev–Trinajstić information content (AvgIpc) is 3.09. The number of hydrogen-bond acceptors (Lipinski definition) is 4. The van der Waals surface area contributed by atoms with Gasteiger partial charge in [-0.05, 0) is 50.5 Å². The lowest BCUT2D eigenvalue weighted by molar-refractivity contribution is 0.101. The third-order valence-corrected chi connectivity index (χ3v) is 4.49. The molecule has 1 N–H and O–H groups in total. The zero-order chi connectivity index (χ0) is 19.9. The first-order chi connectivity index (χ1) is 13.6. The molecule has 0 aliphatic rings. The number of nitrogens with zero attached hydrogens (tertiary/aromatic N) is 2. The van der Waals surface area contributed by atoms with Crippen LogP contribution in [0.1, 0.15) is 10.4 Å². The number of hydrogen-bond donors (Lipinski definition) is 1. The molecule has 1 aromatic heterocycles. The highest BCUT2D eigenvalue weighted by atomic mass is 16.5. The van der Waals surface area contributed by atoms with Crippen LogP contribution >= 0.6 is 0 Å². The highest BCUT2D eigenvalue weighted by molar-refractivity contribution is 6.06. The van der Waals surface area contributed by atoms with Crippen molar-refractivity contribution in [1.29, 1.82) is 0 Å². The van der Waals surface area contributed by atoms with E-state index in [0.29, 0.717) is 24.5 Å². The minimum Gasteiger partial charge on any atom is -0.490 e. The predicted molar refractivity (Wildman–Crippen MR) is 112 cm³/mol. The third-order valence-electron chi connectivity index (χ3n) is 4.49. The fourth-order valence-corrected chi connectivity index (χ4v) is 2.99. The second kappa shape index (κ2) is 9.39. The molecule has 3 aromatic rings. The number of rotatable bonds is 9. The van der Waals surface area contributed by atoms with E-state index in [4.69, 9.17) is 9.47 Å². The van der Waals surface area contributed by atoms with Crippen LogP contribution in [-0.4, -0.2) is 56.3 Å².